The number of ether oxygens (including phenoxy) is 2. The van der Waals surface area contributed by atoms with Gasteiger partial charge >= 0.3 is 0 Å². The Morgan fingerprint density at radius 2 is 2.00 bits per heavy atom. The smallest absolute Gasteiger partial charge is 0.243 e. The second-order valence-electron chi connectivity index (χ2n) is 6.17. The third-order valence-corrected chi connectivity index (χ3v) is 6.33. The second-order valence-corrected chi connectivity index (χ2v) is 8.11. The van der Waals surface area contributed by atoms with Gasteiger partial charge in [-0.05, 0) is 30.2 Å². The molecule has 0 aromatic heterocycles. The van der Waals surface area contributed by atoms with E-state index in [1.165, 1.54) is 4.31 Å². The zero-order valence-electron chi connectivity index (χ0n) is 14.8. The highest BCUT2D eigenvalue weighted by molar-refractivity contribution is 7.89. The first-order valence-electron chi connectivity index (χ1n) is 8.61. The largest absolute Gasteiger partial charge is 0.496 e. The van der Waals surface area contributed by atoms with E-state index in [0.717, 1.165) is 11.1 Å². The van der Waals surface area contributed by atoms with Crippen molar-refractivity contribution in [2.24, 2.45) is 5.73 Å². The fourth-order valence-electron chi connectivity index (χ4n) is 3.06. The van der Waals surface area contributed by atoms with Crippen molar-refractivity contribution < 1.29 is 17.9 Å². The number of rotatable bonds is 5. The van der Waals surface area contributed by atoms with E-state index in [2.05, 4.69) is 0 Å². The molecule has 26 heavy (non-hydrogen) atoms. The number of nitrogens with zero attached hydrogens (tertiary/aromatic N) is 1. The van der Waals surface area contributed by atoms with Crippen LogP contribution in [0.3, 0.4) is 0 Å². The van der Waals surface area contributed by atoms with E-state index in [0.29, 0.717) is 31.9 Å². The van der Waals surface area contributed by atoms with Crippen molar-refractivity contribution in [3.8, 4) is 16.9 Å². The normalized spacial score (nSPS) is 19.1. The Labute approximate surface area is 154 Å². The van der Waals surface area contributed by atoms with Crippen LogP contribution in [0.5, 0.6) is 5.75 Å². The molecule has 3 rings (SSSR count). The molecule has 2 N–H and O–H groups in total. The Hall–Kier alpha value is -1.93. The predicted octanol–water partition coefficient (Wildman–Crippen LogP) is 2.10. The maximum Gasteiger partial charge on any atom is 0.243 e. The lowest BCUT2D eigenvalue weighted by Gasteiger charge is -2.23. The Bertz CT molecular complexity index is 840. The second kappa shape index (κ2) is 8.18. The Balaban J connectivity index is 2.00. The topological polar surface area (TPSA) is 81.9 Å². The Kier molecular flexibility index (Phi) is 5.93. The molecule has 2 aromatic rings. The summed E-state index contributed by atoms with van der Waals surface area (Å²) in [6, 6.07) is 14.6. The summed E-state index contributed by atoms with van der Waals surface area (Å²) in [4.78, 5) is 0.245. The SMILES string of the molecule is COc1ccc(S(=O)(=O)N2CCCOC(CN)C2)cc1-c1ccccc1. The van der Waals surface area contributed by atoms with E-state index in [1.807, 2.05) is 30.3 Å². The lowest BCUT2D eigenvalue weighted by atomic mass is 10.1. The van der Waals surface area contributed by atoms with E-state index < -0.39 is 10.0 Å². The molecule has 0 bridgehead atoms. The summed E-state index contributed by atoms with van der Waals surface area (Å²) in [5, 5.41) is 0. The minimum absolute atomic E-state index is 0.245. The minimum Gasteiger partial charge on any atom is -0.496 e. The van der Waals surface area contributed by atoms with Crippen molar-refractivity contribution in [3.05, 3.63) is 48.5 Å². The quantitative estimate of drug-likeness (QED) is 0.864. The van der Waals surface area contributed by atoms with Crippen molar-refractivity contribution in [1.29, 1.82) is 0 Å². The lowest BCUT2D eigenvalue weighted by molar-refractivity contribution is 0.0679. The van der Waals surface area contributed by atoms with Gasteiger partial charge in [-0.15, -0.1) is 0 Å². The summed E-state index contributed by atoms with van der Waals surface area (Å²) in [6.45, 7) is 1.51. The van der Waals surface area contributed by atoms with E-state index in [4.69, 9.17) is 15.2 Å². The van der Waals surface area contributed by atoms with E-state index in [1.54, 1.807) is 25.3 Å². The average molecular weight is 376 g/mol. The molecule has 1 atom stereocenters. The molecule has 1 aliphatic rings. The van der Waals surface area contributed by atoms with Gasteiger partial charge in [-0.1, -0.05) is 30.3 Å². The van der Waals surface area contributed by atoms with Gasteiger partial charge in [0.15, 0.2) is 0 Å². The summed E-state index contributed by atoms with van der Waals surface area (Å²) in [5.74, 6) is 0.634. The number of hydrogen-bond acceptors (Lipinski definition) is 5. The predicted molar refractivity (Wildman–Crippen MR) is 101 cm³/mol. The minimum atomic E-state index is -3.64. The third-order valence-electron chi connectivity index (χ3n) is 4.47. The molecular formula is C19H24N2O4S. The van der Waals surface area contributed by atoms with Gasteiger partial charge in [0.05, 0.1) is 18.1 Å². The van der Waals surface area contributed by atoms with Gasteiger partial charge in [-0.3, -0.25) is 0 Å². The monoisotopic (exact) mass is 376 g/mol. The number of hydrogen-bond donors (Lipinski definition) is 1. The molecular weight excluding hydrogens is 352 g/mol. The Morgan fingerprint density at radius 3 is 2.69 bits per heavy atom. The van der Waals surface area contributed by atoms with Crippen LogP contribution >= 0.6 is 0 Å². The van der Waals surface area contributed by atoms with E-state index >= 15 is 0 Å². The van der Waals surface area contributed by atoms with Crippen LogP contribution in [-0.4, -0.2) is 52.2 Å². The van der Waals surface area contributed by atoms with Gasteiger partial charge in [0.25, 0.3) is 0 Å². The van der Waals surface area contributed by atoms with Crippen LogP contribution in [0, 0.1) is 0 Å². The number of benzene rings is 2. The van der Waals surface area contributed by atoms with Crippen LogP contribution in [0.4, 0.5) is 0 Å². The van der Waals surface area contributed by atoms with Gasteiger partial charge in [0.1, 0.15) is 5.75 Å². The van der Waals surface area contributed by atoms with Crippen molar-refractivity contribution in [2.45, 2.75) is 17.4 Å². The molecule has 0 spiro atoms. The number of sulfonamides is 1. The van der Waals surface area contributed by atoms with Crippen molar-refractivity contribution in [2.75, 3.05) is 33.4 Å². The van der Waals surface area contributed by atoms with Crippen LogP contribution in [0.2, 0.25) is 0 Å². The molecule has 1 unspecified atom stereocenters. The first kappa shape index (κ1) is 18.8. The van der Waals surface area contributed by atoms with Gasteiger partial charge in [-0.25, -0.2) is 8.42 Å². The molecule has 1 fully saturated rings. The highest BCUT2D eigenvalue weighted by Crippen LogP contribution is 2.33. The van der Waals surface area contributed by atoms with Gasteiger partial charge in [0.2, 0.25) is 10.0 Å². The molecule has 1 heterocycles. The van der Waals surface area contributed by atoms with E-state index in [-0.39, 0.29) is 17.5 Å². The molecule has 1 aliphatic heterocycles. The molecule has 2 aromatic carbocycles. The molecule has 1 saturated heterocycles. The van der Waals surface area contributed by atoms with Gasteiger partial charge in [0, 0.05) is 31.8 Å². The van der Waals surface area contributed by atoms with Crippen LogP contribution in [0.15, 0.2) is 53.4 Å². The molecule has 140 valence electrons. The molecule has 6 nitrogen and oxygen atoms in total. The summed E-state index contributed by atoms with van der Waals surface area (Å²) in [7, 11) is -2.06. The van der Waals surface area contributed by atoms with Crippen molar-refractivity contribution in [3.63, 3.8) is 0 Å². The Morgan fingerprint density at radius 1 is 1.23 bits per heavy atom. The van der Waals surface area contributed by atoms with Crippen LogP contribution < -0.4 is 10.5 Å². The number of methoxy groups -OCH3 is 1. The summed E-state index contributed by atoms with van der Waals surface area (Å²) >= 11 is 0. The summed E-state index contributed by atoms with van der Waals surface area (Å²) in [5.41, 5.74) is 7.34. The molecule has 7 heteroatoms. The highest BCUT2D eigenvalue weighted by atomic mass is 32.2. The number of nitrogens with two attached hydrogens (primary N) is 1. The molecule has 0 saturated carbocycles. The fourth-order valence-corrected chi connectivity index (χ4v) is 4.60. The standard InChI is InChI=1S/C19H24N2O4S/c1-24-19-9-8-17(12-18(19)15-6-3-2-4-7-15)26(22,23)21-10-5-11-25-16(13-20)14-21/h2-4,6-9,12,16H,5,10-11,13-14,20H2,1H3. The summed E-state index contributed by atoms with van der Waals surface area (Å²) in [6.07, 6.45) is 0.372. The first-order chi connectivity index (χ1) is 12.6. The van der Waals surface area contributed by atoms with Gasteiger partial charge < -0.3 is 15.2 Å². The van der Waals surface area contributed by atoms with Crippen LogP contribution in [0.1, 0.15) is 6.42 Å². The fraction of sp³-hybridized carbons (Fsp3) is 0.368. The zero-order chi connectivity index (χ0) is 18.6. The lowest BCUT2D eigenvalue weighted by Crippen LogP contribution is -2.39. The highest BCUT2D eigenvalue weighted by Gasteiger charge is 2.29. The van der Waals surface area contributed by atoms with Gasteiger partial charge in [-0.2, -0.15) is 4.31 Å². The maximum atomic E-state index is 13.2. The third kappa shape index (κ3) is 3.91. The van der Waals surface area contributed by atoms with Crippen molar-refractivity contribution in [1.82, 2.24) is 4.31 Å². The maximum absolute atomic E-state index is 13.2. The van der Waals surface area contributed by atoms with Crippen LogP contribution in [0.25, 0.3) is 11.1 Å². The van der Waals surface area contributed by atoms with Crippen LogP contribution in [-0.2, 0) is 14.8 Å². The average Bonchev–Trinajstić information content (AvgIpc) is 2.94. The van der Waals surface area contributed by atoms with E-state index in [9.17, 15) is 8.42 Å². The molecule has 0 amide bonds. The first-order valence-corrected chi connectivity index (χ1v) is 10.1. The van der Waals surface area contributed by atoms with Crippen molar-refractivity contribution >= 4 is 10.0 Å². The molecule has 0 radical (unpaired) electrons. The molecule has 0 aliphatic carbocycles. The zero-order valence-corrected chi connectivity index (χ0v) is 15.6. The summed E-state index contributed by atoms with van der Waals surface area (Å²) < 4.78 is 38.8.